The lowest BCUT2D eigenvalue weighted by Gasteiger charge is -2.17. The number of anilines is 2. The number of carbonyl (C=O) groups is 1. The first-order valence-electron chi connectivity index (χ1n) is 9.91. The SMILES string of the molecule is CC[C@H](Oc1ccc(OC)cc1)C(=O)Nc1ccc(S(=O)(=O)Nc2ccc(Cl)cc2Cl)cc1. The Kier molecular flexibility index (Phi) is 8.07. The van der Waals surface area contributed by atoms with Crippen LogP contribution in [-0.2, 0) is 14.8 Å². The monoisotopic (exact) mass is 508 g/mol. The Balaban J connectivity index is 1.66. The van der Waals surface area contributed by atoms with Gasteiger partial charge in [0.05, 0.1) is 22.7 Å². The number of hydrogen-bond acceptors (Lipinski definition) is 5. The third-order valence-electron chi connectivity index (χ3n) is 4.61. The van der Waals surface area contributed by atoms with Gasteiger partial charge in [0.2, 0.25) is 0 Å². The molecule has 0 heterocycles. The normalized spacial score (nSPS) is 12.0. The summed E-state index contributed by atoms with van der Waals surface area (Å²) in [6, 6.07) is 17.1. The van der Waals surface area contributed by atoms with E-state index in [1.54, 1.807) is 31.4 Å². The number of carbonyl (C=O) groups excluding carboxylic acids is 1. The van der Waals surface area contributed by atoms with Gasteiger partial charge in [-0.15, -0.1) is 0 Å². The van der Waals surface area contributed by atoms with Crippen molar-refractivity contribution in [3.05, 3.63) is 76.8 Å². The van der Waals surface area contributed by atoms with E-state index in [1.165, 1.54) is 42.5 Å². The summed E-state index contributed by atoms with van der Waals surface area (Å²) in [4.78, 5) is 12.6. The molecule has 10 heteroatoms. The lowest BCUT2D eigenvalue weighted by molar-refractivity contribution is -0.122. The molecule has 2 N–H and O–H groups in total. The zero-order valence-electron chi connectivity index (χ0n) is 17.8. The Labute approximate surface area is 202 Å². The molecule has 0 aromatic heterocycles. The van der Waals surface area contributed by atoms with Crippen molar-refractivity contribution in [2.75, 3.05) is 17.1 Å². The number of methoxy groups -OCH3 is 1. The molecule has 1 amide bonds. The molecule has 0 saturated carbocycles. The number of ether oxygens (including phenoxy) is 2. The summed E-state index contributed by atoms with van der Waals surface area (Å²) >= 11 is 11.9. The van der Waals surface area contributed by atoms with Crippen LogP contribution in [0.1, 0.15) is 13.3 Å². The number of nitrogens with one attached hydrogen (secondary N) is 2. The van der Waals surface area contributed by atoms with Crippen LogP contribution in [-0.4, -0.2) is 27.5 Å². The predicted molar refractivity (Wildman–Crippen MR) is 130 cm³/mol. The second-order valence-corrected chi connectivity index (χ2v) is 9.46. The molecule has 3 aromatic carbocycles. The van der Waals surface area contributed by atoms with E-state index in [1.807, 2.05) is 6.92 Å². The van der Waals surface area contributed by atoms with Crippen LogP contribution in [0.5, 0.6) is 11.5 Å². The van der Waals surface area contributed by atoms with E-state index in [9.17, 15) is 13.2 Å². The zero-order valence-corrected chi connectivity index (χ0v) is 20.2. The van der Waals surface area contributed by atoms with Gasteiger partial charge in [0.25, 0.3) is 15.9 Å². The molecule has 174 valence electrons. The second-order valence-electron chi connectivity index (χ2n) is 6.93. The van der Waals surface area contributed by atoms with E-state index in [-0.39, 0.29) is 21.5 Å². The highest BCUT2D eigenvalue weighted by molar-refractivity contribution is 7.92. The largest absolute Gasteiger partial charge is 0.497 e. The van der Waals surface area contributed by atoms with Crippen molar-refractivity contribution in [1.82, 2.24) is 0 Å². The lowest BCUT2D eigenvalue weighted by atomic mass is 10.2. The molecule has 0 aliphatic heterocycles. The van der Waals surface area contributed by atoms with Crippen molar-refractivity contribution in [2.24, 2.45) is 0 Å². The summed E-state index contributed by atoms with van der Waals surface area (Å²) in [5.74, 6) is 0.865. The molecule has 0 spiro atoms. The van der Waals surface area contributed by atoms with Crippen LogP contribution in [0.2, 0.25) is 10.0 Å². The molecule has 1 atom stereocenters. The summed E-state index contributed by atoms with van der Waals surface area (Å²) < 4.78 is 38.6. The summed E-state index contributed by atoms with van der Waals surface area (Å²) in [6.45, 7) is 1.83. The Morgan fingerprint density at radius 1 is 0.970 bits per heavy atom. The second kappa shape index (κ2) is 10.8. The number of sulfonamides is 1. The number of rotatable bonds is 9. The van der Waals surface area contributed by atoms with Crippen molar-refractivity contribution in [2.45, 2.75) is 24.3 Å². The molecule has 7 nitrogen and oxygen atoms in total. The van der Waals surface area contributed by atoms with Crippen LogP contribution in [0.15, 0.2) is 71.6 Å². The van der Waals surface area contributed by atoms with Gasteiger partial charge < -0.3 is 14.8 Å². The van der Waals surface area contributed by atoms with Crippen LogP contribution in [0.3, 0.4) is 0 Å². The van der Waals surface area contributed by atoms with Crippen LogP contribution >= 0.6 is 23.2 Å². The molecule has 0 saturated heterocycles. The van der Waals surface area contributed by atoms with Gasteiger partial charge in [0, 0.05) is 10.7 Å². The van der Waals surface area contributed by atoms with Gasteiger partial charge in [0.15, 0.2) is 6.10 Å². The fourth-order valence-corrected chi connectivity index (χ4v) is 4.45. The van der Waals surface area contributed by atoms with Crippen molar-refractivity contribution in [1.29, 1.82) is 0 Å². The first kappa shape index (κ1) is 24.7. The predicted octanol–water partition coefficient (Wildman–Crippen LogP) is 5.60. The minimum atomic E-state index is -3.89. The molecular formula is C23H22Cl2N2O5S. The smallest absolute Gasteiger partial charge is 0.265 e. The first-order valence-corrected chi connectivity index (χ1v) is 12.1. The van der Waals surface area contributed by atoms with E-state index < -0.39 is 16.1 Å². The van der Waals surface area contributed by atoms with E-state index in [0.717, 1.165) is 0 Å². The third-order valence-corrected chi connectivity index (χ3v) is 6.54. The number of hydrogen-bond donors (Lipinski definition) is 2. The Morgan fingerprint density at radius 3 is 2.18 bits per heavy atom. The van der Waals surface area contributed by atoms with Crippen LogP contribution in [0.25, 0.3) is 0 Å². The molecule has 33 heavy (non-hydrogen) atoms. The van der Waals surface area contributed by atoms with Crippen LogP contribution < -0.4 is 19.5 Å². The summed E-state index contributed by atoms with van der Waals surface area (Å²) in [6.07, 6.45) is -0.286. The van der Waals surface area contributed by atoms with Crippen LogP contribution in [0.4, 0.5) is 11.4 Å². The Bertz CT molecular complexity index is 1220. The molecule has 0 unspecified atom stereocenters. The van der Waals surface area contributed by atoms with Gasteiger partial charge in [-0.05, 0) is 73.2 Å². The number of benzene rings is 3. The molecule has 0 radical (unpaired) electrons. The molecule has 0 bridgehead atoms. The Hall–Kier alpha value is -2.94. The molecule has 3 rings (SSSR count). The molecule has 3 aromatic rings. The van der Waals surface area contributed by atoms with Crippen molar-refractivity contribution >= 4 is 50.5 Å². The third kappa shape index (κ3) is 6.54. The molecular weight excluding hydrogens is 487 g/mol. The van der Waals surface area contributed by atoms with Gasteiger partial charge in [-0.2, -0.15) is 0 Å². The topological polar surface area (TPSA) is 93.7 Å². The maximum absolute atomic E-state index is 12.7. The quantitative estimate of drug-likeness (QED) is 0.392. The number of amides is 1. The fraction of sp³-hybridized carbons (Fsp3) is 0.174. The van der Waals surface area contributed by atoms with Crippen LogP contribution in [0, 0.1) is 0 Å². The van der Waals surface area contributed by atoms with E-state index >= 15 is 0 Å². The maximum Gasteiger partial charge on any atom is 0.265 e. The lowest BCUT2D eigenvalue weighted by Crippen LogP contribution is -2.32. The molecule has 0 aliphatic carbocycles. The number of halogens is 2. The standard InChI is InChI=1S/C23H22Cl2N2O5S/c1-3-22(32-18-9-7-17(31-2)8-10-18)23(28)26-16-5-11-19(12-6-16)33(29,30)27-21-13-4-15(24)14-20(21)25/h4-14,22,27H,3H2,1-2H3,(H,26,28)/t22-/m0/s1. The minimum absolute atomic E-state index is 0.00744. The average molecular weight is 509 g/mol. The fourth-order valence-electron chi connectivity index (χ4n) is 2.86. The van der Waals surface area contributed by atoms with E-state index in [4.69, 9.17) is 32.7 Å². The summed E-state index contributed by atoms with van der Waals surface area (Å²) in [5, 5.41) is 3.31. The van der Waals surface area contributed by atoms with E-state index in [2.05, 4.69) is 10.0 Å². The highest BCUT2D eigenvalue weighted by Gasteiger charge is 2.20. The summed E-state index contributed by atoms with van der Waals surface area (Å²) in [7, 11) is -2.32. The first-order chi connectivity index (χ1) is 15.7. The maximum atomic E-state index is 12.7. The average Bonchev–Trinajstić information content (AvgIpc) is 2.80. The van der Waals surface area contributed by atoms with Gasteiger partial charge in [-0.3, -0.25) is 9.52 Å². The van der Waals surface area contributed by atoms with Gasteiger partial charge in [-0.25, -0.2) is 8.42 Å². The zero-order chi connectivity index (χ0) is 24.0. The van der Waals surface area contributed by atoms with E-state index in [0.29, 0.717) is 28.6 Å². The van der Waals surface area contributed by atoms with Crippen molar-refractivity contribution in [3.8, 4) is 11.5 Å². The minimum Gasteiger partial charge on any atom is -0.497 e. The highest BCUT2D eigenvalue weighted by atomic mass is 35.5. The Morgan fingerprint density at radius 2 is 1.61 bits per heavy atom. The molecule has 0 aliphatic rings. The molecule has 0 fully saturated rings. The highest BCUT2D eigenvalue weighted by Crippen LogP contribution is 2.28. The van der Waals surface area contributed by atoms with Crippen molar-refractivity contribution < 1.29 is 22.7 Å². The van der Waals surface area contributed by atoms with Gasteiger partial charge in [0.1, 0.15) is 11.5 Å². The summed E-state index contributed by atoms with van der Waals surface area (Å²) in [5.41, 5.74) is 0.639. The van der Waals surface area contributed by atoms with Crippen molar-refractivity contribution in [3.63, 3.8) is 0 Å². The van der Waals surface area contributed by atoms with Gasteiger partial charge in [-0.1, -0.05) is 30.1 Å². The van der Waals surface area contributed by atoms with Gasteiger partial charge >= 0.3 is 0 Å².